The van der Waals surface area contributed by atoms with E-state index in [1.807, 2.05) is 60.7 Å². The van der Waals surface area contributed by atoms with Gasteiger partial charge in [-0.1, -0.05) is 60.7 Å². The third kappa shape index (κ3) is 3.66. The van der Waals surface area contributed by atoms with Crippen LogP contribution in [0.5, 0.6) is 0 Å². The van der Waals surface area contributed by atoms with Gasteiger partial charge >= 0.3 is 0 Å². The summed E-state index contributed by atoms with van der Waals surface area (Å²) in [5.41, 5.74) is 1.82. The molecule has 2 saturated heterocycles. The van der Waals surface area contributed by atoms with Crippen LogP contribution in [0, 0.1) is 0 Å². The van der Waals surface area contributed by atoms with Gasteiger partial charge < -0.3 is 29.2 Å². The molecule has 2 heterocycles. The second kappa shape index (κ2) is 7.84. The molecule has 0 amide bonds. The Labute approximate surface area is 151 Å². The van der Waals surface area contributed by atoms with Crippen LogP contribution in [0.4, 0.5) is 0 Å². The second-order valence-corrected chi connectivity index (χ2v) is 6.50. The molecule has 2 N–H and O–H groups in total. The Balaban J connectivity index is 1.40. The molecule has 0 spiro atoms. The lowest BCUT2D eigenvalue weighted by atomic mass is 9.98. The Bertz CT molecular complexity index is 692. The van der Waals surface area contributed by atoms with Crippen LogP contribution in [0.3, 0.4) is 0 Å². The molecule has 6 atom stereocenters. The van der Waals surface area contributed by atoms with Gasteiger partial charge in [0.25, 0.3) is 0 Å². The molecule has 6 nitrogen and oxygen atoms in total. The Hall–Kier alpha value is -1.80. The Morgan fingerprint density at radius 1 is 0.885 bits per heavy atom. The SMILES string of the molecule is O[C@@H]1[C@@H](O)[C@@H](OCc2ccccc2)O[C@@H]2CO[C@@H](c3ccccc3)O[C@H]12. The van der Waals surface area contributed by atoms with Crippen molar-refractivity contribution in [3.63, 3.8) is 0 Å². The first-order chi connectivity index (χ1) is 12.7. The number of aliphatic hydroxyl groups is 2. The Morgan fingerprint density at radius 3 is 2.31 bits per heavy atom. The van der Waals surface area contributed by atoms with Gasteiger partial charge in [-0.05, 0) is 5.56 Å². The maximum atomic E-state index is 10.5. The van der Waals surface area contributed by atoms with E-state index < -0.39 is 37.0 Å². The van der Waals surface area contributed by atoms with Crippen molar-refractivity contribution in [2.45, 2.75) is 43.6 Å². The summed E-state index contributed by atoms with van der Waals surface area (Å²) in [6.07, 6.45) is -5.04. The summed E-state index contributed by atoms with van der Waals surface area (Å²) in [7, 11) is 0. The topological polar surface area (TPSA) is 77.4 Å². The largest absolute Gasteiger partial charge is 0.387 e. The second-order valence-electron chi connectivity index (χ2n) is 6.50. The van der Waals surface area contributed by atoms with E-state index in [0.29, 0.717) is 0 Å². The fourth-order valence-electron chi connectivity index (χ4n) is 3.25. The normalized spacial score (nSPS) is 34.2. The van der Waals surface area contributed by atoms with Crippen LogP contribution >= 0.6 is 0 Å². The number of ether oxygens (including phenoxy) is 4. The molecule has 4 rings (SSSR count). The van der Waals surface area contributed by atoms with Gasteiger partial charge in [0.15, 0.2) is 12.6 Å². The smallest absolute Gasteiger partial charge is 0.187 e. The number of hydrogen-bond acceptors (Lipinski definition) is 6. The molecule has 0 saturated carbocycles. The molecule has 138 valence electrons. The average Bonchev–Trinajstić information content (AvgIpc) is 2.71. The van der Waals surface area contributed by atoms with Crippen molar-refractivity contribution in [1.29, 1.82) is 0 Å². The lowest BCUT2D eigenvalue weighted by Crippen LogP contribution is -2.62. The van der Waals surface area contributed by atoms with Gasteiger partial charge in [-0.2, -0.15) is 0 Å². The summed E-state index contributed by atoms with van der Waals surface area (Å²) in [6, 6.07) is 19.1. The van der Waals surface area contributed by atoms with Crippen molar-refractivity contribution in [2.24, 2.45) is 0 Å². The van der Waals surface area contributed by atoms with Crippen LogP contribution < -0.4 is 0 Å². The molecule has 0 aliphatic carbocycles. The molecular formula is C20H22O6. The van der Waals surface area contributed by atoms with E-state index in [0.717, 1.165) is 11.1 Å². The van der Waals surface area contributed by atoms with E-state index in [2.05, 4.69) is 0 Å². The molecule has 6 heteroatoms. The lowest BCUT2D eigenvalue weighted by Gasteiger charge is -2.46. The van der Waals surface area contributed by atoms with E-state index in [1.54, 1.807) is 0 Å². The zero-order valence-corrected chi connectivity index (χ0v) is 14.2. The Kier molecular flexibility index (Phi) is 5.31. The van der Waals surface area contributed by atoms with E-state index >= 15 is 0 Å². The van der Waals surface area contributed by atoms with Crippen LogP contribution in [0.1, 0.15) is 17.4 Å². The predicted octanol–water partition coefficient (Wildman–Crippen LogP) is 1.76. The fourth-order valence-corrected chi connectivity index (χ4v) is 3.25. The summed E-state index contributed by atoms with van der Waals surface area (Å²) in [6.45, 7) is 0.528. The van der Waals surface area contributed by atoms with Crippen LogP contribution in [0.25, 0.3) is 0 Å². The molecule has 0 radical (unpaired) electrons. The number of aliphatic hydroxyl groups excluding tert-OH is 2. The highest BCUT2D eigenvalue weighted by Gasteiger charge is 2.49. The molecule has 0 aromatic heterocycles. The first-order valence-corrected chi connectivity index (χ1v) is 8.71. The van der Waals surface area contributed by atoms with Crippen molar-refractivity contribution in [1.82, 2.24) is 0 Å². The summed E-state index contributed by atoms with van der Waals surface area (Å²) in [5.74, 6) is 0. The number of fused-ring (bicyclic) bond motifs is 1. The minimum atomic E-state index is -1.20. The van der Waals surface area contributed by atoms with Gasteiger partial charge in [0.2, 0.25) is 0 Å². The standard InChI is InChI=1S/C20H22O6/c21-16-17(22)20(23-11-13-7-3-1-4-8-13)25-15-12-24-19(26-18(15)16)14-9-5-2-6-10-14/h1-10,15-22H,11-12H2/t15-,16-,17-,18+,19-,20+/m1/s1. The minimum Gasteiger partial charge on any atom is -0.387 e. The van der Waals surface area contributed by atoms with Gasteiger partial charge in [-0.25, -0.2) is 0 Å². The van der Waals surface area contributed by atoms with Gasteiger partial charge in [0, 0.05) is 5.56 Å². The molecule has 2 aromatic rings. The lowest BCUT2D eigenvalue weighted by molar-refractivity contribution is -0.362. The van der Waals surface area contributed by atoms with Crippen molar-refractivity contribution < 1.29 is 29.2 Å². The van der Waals surface area contributed by atoms with Crippen LogP contribution in [-0.2, 0) is 25.6 Å². The number of benzene rings is 2. The number of rotatable bonds is 4. The third-order valence-corrected chi connectivity index (χ3v) is 4.66. The quantitative estimate of drug-likeness (QED) is 0.867. The Morgan fingerprint density at radius 2 is 1.58 bits per heavy atom. The highest BCUT2D eigenvalue weighted by molar-refractivity contribution is 5.17. The molecule has 26 heavy (non-hydrogen) atoms. The van der Waals surface area contributed by atoms with E-state index in [1.165, 1.54) is 0 Å². The highest BCUT2D eigenvalue weighted by Crippen LogP contribution is 2.34. The number of hydrogen-bond donors (Lipinski definition) is 2. The monoisotopic (exact) mass is 358 g/mol. The zero-order chi connectivity index (χ0) is 17.9. The first kappa shape index (κ1) is 17.6. The van der Waals surface area contributed by atoms with E-state index in [4.69, 9.17) is 18.9 Å². The van der Waals surface area contributed by atoms with Gasteiger partial charge in [0.05, 0.1) is 13.2 Å². The van der Waals surface area contributed by atoms with E-state index in [-0.39, 0.29) is 13.2 Å². The van der Waals surface area contributed by atoms with Crippen molar-refractivity contribution in [3.8, 4) is 0 Å². The summed E-state index contributed by atoms with van der Waals surface area (Å²) in [4.78, 5) is 0. The van der Waals surface area contributed by atoms with E-state index in [9.17, 15) is 10.2 Å². The van der Waals surface area contributed by atoms with Gasteiger partial charge in [-0.15, -0.1) is 0 Å². The van der Waals surface area contributed by atoms with Crippen molar-refractivity contribution >= 4 is 0 Å². The van der Waals surface area contributed by atoms with Crippen LogP contribution in [-0.4, -0.2) is 47.5 Å². The maximum Gasteiger partial charge on any atom is 0.187 e. The van der Waals surface area contributed by atoms with Gasteiger partial charge in [0.1, 0.15) is 24.4 Å². The van der Waals surface area contributed by atoms with Gasteiger partial charge in [-0.3, -0.25) is 0 Å². The summed E-state index contributed by atoms with van der Waals surface area (Å²) in [5, 5.41) is 20.9. The van der Waals surface area contributed by atoms with Crippen molar-refractivity contribution in [3.05, 3.63) is 71.8 Å². The molecule has 2 fully saturated rings. The maximum absolute atomic E-state index is 10.5. The molecule has 2 aromatic carbocycles. The van der Waals surface area contributed by atoms with Crippen LogP contribution in [0.2, 0.25) is 0 Å². The third-order valence-electron chi connectivity index (χ3n) is 4.66. The summed E-state index contributed by atoms with van der Waals surface area (Å²) < 4.78 is 23.1. The molecule has 0 unspecified atom stereocenters. The highest BCUT2D eigenvalue weighted by atomic mass is 16.8. The first-order valence-electron chi connectivity index (χ1n) is 8.71. The molecular weight excluding hydrogens is 336 g/mol. The predicted molar refractivity (Wildman–Crippen MR) is 91.9 cm³/mol. The molecule has 2 aliphatic heterocycles. The molecule has 0 bridgehead atoms. The van der Waals surface area contributed by atoms with Crippen molar-refractivity contribution in [2.75, 3.05) is 6.61 Å². The average molecular weight is 358 g/mol. The summed E-state index contributed by atoms with van der Waals surface area (Å²) >= 11 is 0. The fraction of sp³-hybridized carbons (Fsp3) is 0.400. The zero-order valence-electron chi connectivity index (χ0n) is 14.2. The molecule has 2 aliphatic rings. The van der Waals surface area contributed by atoms with Crippen LogP contribution in [0.15, 0.2) is 60.7 Å². The minimum absolute atomic E-state index is 0.249.